The van der Waals surface area contributed by atoms with E-state index in [1.54, 1.807) is 12.3 Å². The zero-order valence-corrected chi connectivity index (χ0v) is 7.15. The van der Waals surface area contributed by atoms with Crippen molar-refractivity contribution in [2.45, 2.75) is 6.42 Å². The van der Waals surface area contributed by atoms with Gasteiger partial charge < -0.3 is 4.74 Å². The van der Waals surface area contributed by atoms with Crippen LogP contribution in [0.2, 0.25) is 0 Å². The number of hydrogen-bond acceptors (Lipinski definition) is 4. The van der Waals surface area contributed by atoms with Crippen molar-refractivity contribution in [1.82, 2.24) is 4.98 Å². The van der Waals surface area contributed by atoms with Crippen LogP contribution in [0.15, 0.2) is 18.5 Å². The highest BCUT2D eigenvalue weighted by atomic mass is 16.5. The highest BCUT2D eigenvalue weighted by molar-refractivity contribution is 5.89. The summed E-state index contributed by atoms with van der Waals surface area (Å²) in [5, 5.41) is 8.41. The topological polar surface area (TPSA) is 63.0 Å². The summed E-state index contributed by atoms with van der Waals surface area (Å²) in [5.41, 5.74) is 1.08. The Morgan fingerprint density at radius 3 is 3.08 bits per heavy atom. The van der Waals surface area contributed by atoms with Crippen LogP contribution < -0.4 is 0 Å². The Hall–Kier alpha value is -1.89. The molecule has 0 aliphatic rings. The van der Waals surface area contributed by atoms with Gasteiger partial charge in [0.25, 0.3) is 0 Å². The van der Waals surface area contributed by atoms with Gasteiger partial charge in [-0.25, -0.2) is 4.79 Å². The van der Waals surface area contributed by atoms with Gasteiger partial charge in [0.15, 0.2) is 0 Å². The molecule has 0 N–H and O–H groups in total. The first kappa shape index (κ1) is 9.20. The third-order valence-corrected chi connectivity index (χ3v) is 1.50. The van der Waals surface area contributed by atoms with Crippen molar-refractivity contribution in [3.8, 4) is 6.07 Å². The molecule has 0 aliphatic carbocycles. The number of methoxy groups -OCH3 is 1. The van der Waals surface area contributed by atoms with Gasteiger partial charge in [-0.05, 0) is 11.6 Å². The summed E-state index contributed by atoms with van der Waals surface area (Å²) in [6, 6.07) is 3.58. The van der Waals surface area contributed by atoms with E-state index in [0.717, 1.165) is 0 Å². The molecular weight excluding hydrogens is 168 g/mol. The minimum Gasteiger partial charge on any atom is -0.465 e. The van der Waals surface area contributed by atoms with Crippen LogP contribution in [0, 0.1) is 11.3 Å². The number of nitrogens with zero attached hydrogens (tertiary/aromatic N) is 2. The largest absolute Gasteiger partial charge is 0.465 e. The van der Waals surface area contributed by atoms with Crippen molar-refractivity contribution < 1.29 is 9.53 Å². The quantitative estimate of drug-likeness (QED) is 0.629. The van der Waals surface area contributed by atoms with Gasteiger partial charge in [0.1, 0.15) is 0 Å². The van der Waals surface area contributed by atoms with Crippen molar-refractivity contribution in [2.75, 3.05) is 7.11 Å². The molecule has 0 saturated carbocycles. The van der Waals surface area contributed by atoms with Crippen LogP contribution in [0.5, 0.6) is 0 Å². The standard InChI is InChI=1S/C9H8N2O2/c1-13-9(12)8-4-7(2-3-10)5-11-6-8/h4-6H,2H2,1H3. The molecule has 0 saturated heterocycles. The fourth-order valence-corrected chi connectivity index (χ4v) is 0.905. The number of pyridine rings is 1. The summed E-state index contributed by atoms with van der Waals surface area (Å²) in [6.07, 6.45) is 3.21. The van der Waals surface area contributed by atoms with E-state index in [9.17, 15) is 4.79 Å². The molecule has 1 aromatic heterocycles. The van der Waals surface area contributed by atoms with E-state index >= 15 is 0 Å². The van der Waals surface area contributed by atoms with Gasteiger partial charge in [0.2, 0.25) is 0 Å². The molecule has 1 aromatic rings. The minimum atomic E-state index is -0.438. The number of rotatable bonds is 2. The number of nitriles is 1. The highest BCUT2D eigenvalue weighted by Crippen LogP contribution is 2.04. The van der Waals surface area contributed by atoms with Crippen molar-refractivity contribution in [1.29, 1.82) is 5.26 Å². The van der Waals surface area contributed by atoms with E-state index in [4.69, 9.17) is 5.26 Å². The van der Waals surface area contributed by atoms with Gasteiger partial charge in [-0.1, -0.05) is 0 Å². The number of carbonyl (C=O) groups excluding carboxylic acids is 1. The first-order chi connectivity index (χ1) is 6.27. The minimum absolute atomic E-state index is 0.248. The van der Waals surface area contributed by atoms with E-state index in [2.05, 4.69) is 9.72 Å². The van der Waals surface area contributed by atoms with Crippen LogP contribution in [0.1, 0.15) is 15.9 Å². The average Bonchev–Trinajstić information content (AvgIpc) is 2.18. The maximum atomic E-state index is 11.0. The lowest BCUT2D eigenvalue weighted by Crippen LogP contribution is -2.02. The molecule has 0 fully saturated rings. The molecule has 0 atom stereocenters. The maximum Gasteiger partial charge on any atom is 0.339 e. The lowest BCUT2D eigenvalue weighted by Gasteiger charge is -1.99. The third kappa shape index (κ3) is 2.27. The lowest BCUT2D eigenvalue weighted by molar-refractivity contribution is 0.0600. The number of ether oxygens (including phenoxy) is 1. The average molecular weight is 176 g/mol. The van der Waals surface area contributed by atoms with Gasteiger partial charge >= 0.3 is 5.97 Å². The number of carbonyl (C=O) groups is 1. The summed E-state index contributed by atoms with van der Waals surface area (Å²) in [6.45, 7) is 0. The fraction of sp³-hybridized carbons (Fsp3) is 0.222. The van der Waals surface area contributed by atoms with Gasteiger partial charge in [-0.15, -0.1) is 0 Å². The summed E-state index contributed by atoms with van der Waals surface area (Å²) < 4.78 is 4.51. The van der Waals surface area contributed by atoms with Crippen LogP contribution in [-0.4, -0.2) is 18.1 Å². The van der Waals surface area contributed by atoms with Gasteiger partial charge in [-0.3, -0.25) is 4.98 Å². The zero-order valence-electron chi connectivity index (χ0n) is 7.15. The Bertz CT molecular complexity index is 355. The Labute approximate surface area is 75.8 Å². The normalized spacial score (nSPS) is 8.92. The van der Waals surface area contributed by atoms with Gasteiger partial charge in [0, 0.05) is 12.4 Å². The van der Waals surface area contributed by atoms with E-state index < -0.39 is 5.97 Å². The Morgan fingerprint density at radius 1 is 1.69 bits per heavy atom. The van der Waals surface area contributed by atoms with Crippen LogP contribution in [0.4, 0.5) is 0 Å². The van der Waals surface area contributed by atoms with Crippen LogP contribution >= 0.6 is 0 Å². The Kier molecular flexibility index (Phi) is 2.98. The molecule has 1 rings (SSSR count). The smallest absolute Gasteiger partial charge is 0.339 e. The molecule has 4 heteroatoms. The SMILES string of the molecule is COC(=O)c1cncc(CC#N)c1. The fourth-order valence-electron chi connectivity index (χ4n) is 0.905. The predicted octanol–water partition coefficient (Wildman–Crippen LogP) is 0.934. The van der Waals surface area contributed by atoms with Gasteiger partial charge in [-0.2, -0.15) is 5.26 Å². The summed E-state index contributed by atoms with van der Waals surface area (Å²) in [7, 11) is 1.30. The molecule has 1 heterocycles. The van der Waals surface area contributed by atoms with Crippen LogP contribution in [-0.2, 0) is 11.2 Å². The maximum absolute atomic E-state index is 11.0. The molecule has 0 unspecified atom stereocenters. The summed E-state index contributed by atoms with van der Waals surface area (Å²) in [5.74, 6) is -0.438. The lowest BCUT2D eigenvalue weighted by atomic mass is 10.2. The molecule has 0 amide bonds. The van der Waals surface area contributed by atoms with E-state index in [1.165, 1.54) is 13.3 Å². The number of esters is 1. The molecule has 0 aromatic carbocycles. The summed E-state index contributed by atoms with van der Waals surface area (Å²) in [4.78, 5) is 14.8. The van der Waals surface area contributed by atoms with E-state index in [0.29, 0.717) is 11.1 Å². The second-order valence-corrected chi connectivity index (χ2v) is 2.41. The summed E-state index contributed by atoms with van der Waals surface area (Å²) >= 11 is 0. The number of hydrogen-bond donors (Lipinski definition) is 0. The molecule has 0 radical (unpaired) electrons. The second-order valence-electron chi connectivity index (χ2n) is 2.41. The second kappa shape index (κ2) is 4.21. The monoisotopic (exact) mass is 176 g/mol. The van der Waals surface area contributed by atoms with Crippen LogP contribution in [0.3, 0.4) is 0 Å². The zero-order chi connectivity index (χ0) is 9.68. The molecule has 0 spiro atoms. The van der Waals surface area contributed by atoms with E-state index in [-0.39, 0.29) is 6.42 Å². The Balaban J connectivity index is 2.93. The van der Waals surface area contributed by atoms with E-state index in [1.807, 2.05) is 6.07 Å². The van der Waals surface area contributed by atoms with Gasteiger partial charge in [0.05, 0.1) is 25.2 Å². The number of aromatic nitrogens is 1. The molecule has 66 valence electrons. The molecule has 4 nitrogen and oxygen atoms in total. The van der Waals surface area contributed by atoms with Crippen molar-refractivity contribution in [3.05, 3.63) is 29.6 Å². The van der Waals surface area contributed by atoms with Crippen molar-refractivity contribution >= 4 is 5.97 Å². The highest BCUT2D eigenvalue weighted by Gasteiger charge is 2.05. The first-order valence-corrected chi connectivity index (χ1v) is 3.67. The molecule has 0 bridgehead atoms. The Morgan fingerprint density at radius 2 is 2.46 bits per heavy atom. The molecular formula is C9H8N2O2. The predicted molar refractivity (Wildman–Crippen MR) is 44.9 cm³/mol. The van der Waals surface area contributed by atoms with Crippen molar-refractivity contribution in [3.63, 3.8) is 0 Å². The third-order valence-electron chi connectivity index (χ3n) is 1.50. The van der Waals surface area contributed by atoms with Crippen LogP contribution in [0.25, 0.3) is 0 Å². The molecule has 13 heavy (non-hydrogen) atoms. The van der Waals surface area contributed by atoms with Crippen molar-refractivity contribution in [2.24, 2.45) is 0 Å². The first-order valence-electron chi connectivity index (χ1n) is 3.67. The molecule has 0 aliphatic heterocycles.